The Labute approximate surface area is 127 Å². The summed E-state index contributed by atoms with van der Waals surface area (Å²) < 4.78 is 7.77. The van der Waals surface area contributed by atoms with E-state index in [9.17, 15) is 4.79 Å². The van der Waals surface area contributed by atoms with Crippen molar-refractivity contribution in [1.29, 1.82) is 0 Å². The third kappa shape index (κ3) is 2.20. The molecule has 4 rings (SSSR count). The van der Waals surface area contributed by atoms with Crippen LogP contribution < -0.4 is 10.1 Å². The molecule has 0 unspecified atom stereocenters. The number of benzene rings is 2. The Bertz CT molecular complexity index is 883. The Kier molecular flexibility index (Phi) is 2.85. The minimum atomic E-state index is 0.0721. The molecule has 1 N–H and O–H groups in total. The third-order valence-corrected chi connectivity index (χ3v) is 3.93. The lowest BCUT2D eigenvalue weighted by molar-refractivity contribution is -0.116. The number of carbonyl (C=O) groups is 1. The van der Waals surface area contributed by atoms with E-state index in [1.807, 2.05) is 54.3 Å². The summed E-state index contributed by atoms with van der Waals surface area (Å²) in [4.78, 5) is 11.4. The molecule has 22 heavy (non-hydrogen) atoms. The fraction of sp³-hybridized carbons (Fsp3) is 0.176. The lowest BCUT2D eigenvalue weighted by Gasteiger charge is -2.17. The maximum atomic E-state index is 11.4. The number of amides is 1. The number of hydrogen-bond acceptors (Lipinski definition) is 3. The number of carbonyl (C=O) groups excluding carboxylic acids is 1. The molecular formula is C17H15N3O2. The summed E-state index contributed by atoms with van der Waals surface area (Å²) in [5.74, 6) is 1.62. The van der Waals surface area contributed by atoms with Gasteiger partial charge in [-0.1, -0.05) is 0 Å². The first-order valence-corrected chi connectivity index (χ1v) is 7.21. The van der Waals surface area contributed by atoms with E-state index in [2.05, 4.69) is 10.4 Å². The molecule has 2 aromatic carbocycles. The average molecular weight is 293 g/mol. The van der Waals surface area contributed by atoms with Crippen molar-refractivity contribution in [2.45, 2.75) is 12.8 Å². The molecule has 0 saturated heterocycles. The van der Waals surface area contributed by atoms with Gasteiger partial charge in [0.15, 0.2) is 0 Å². The van der Waals surface area contributed by atoms with Crippen LogP contribution in [0.2, 0.25) is 0 Å². The van der Waals surface area contributed by atoms with E-state index in [4.69, 9.17) is 4.74 Å². The van der Waals surface area contributed by atoms with E-state index < -0.39 is 0 Å². The summed E-state index contributed by atoms with van der Waals surface area (Å²) in [6.07, 6.45) is 3.11. The lowest BCUT2D eigenvalue weighted by atomic mass is 10.0. The molecule has 3 aromatic rings. The molecule has 0 radical (unpaired) electrons. The van der Waals surface area contributed by atoms with Crippen LogP contribution >= 0.6 is 0 Å². The van der Waals surface area contributed by atoms with Crippen LogP contribution in [0.1, 0.15) is 12.0 Å². The molecular weight excluding hydrogens is 278 g/mol. The van der Waals surface area contributed by atoms with Gasteiger partial charge in [0.2, 0.25) is 5.91 Å². The predicted molar refractivity (Wildman–Crippen MR) is 84.2 cm³/mol. The molecule has 2 heterocycles. The normalized spacial score (nSPS) is 13.8. The quantitative estimate of drug-likeness (QED) is 0.789. The molecule has 0 bridgehead atoms. The molecule has 5 heteroatoms. The van der Waals surface area contributed by atoms with Gasteiger partial charge in [0.05, 0.1) is 11.7 Å². The van der Waals surface area contributed by atoms with Gasteiger partial charge in [-0.15, -0.1) is 0 Å². The number of nitrogens with one attached hydrogen (secondary N) is 1. The highest BCUT2D eigenvalue weighted by atomic mass is 16.5. The van der Waals surface area contributed by atoms with Crippen molar-refractivity contribution in [3.05, 3.63) is 48.2 Å². The van der Waals surface area contributed by atoms with Crippen molar-refractivity contribution in [1.82, 2.24) is 9.78 Å². The van der Waals surface area contributed by atoms with E-state index in [0.29, 0.717) is 6.42 Å². The number of ether oxygens (including phenoxy) is 1. The molecule has 1 aromatic heterocycles. The minimum absolute atomic E-state index is 0.0721. The fourth-order valence-corrected chi connectivity index (χ4v) is 2.75. The fourth-order valence-electron chi connectivity index (χ4n) is 2.75. The van der Waals surface area contributed by atoms with Crippen LogP contribution in [0.4, 0.5) is 5.69 Å². The van der Waals surface area contributed by atoms with Gasteiger partial charge in [0.1, 0.15) is 11.5 Å². The summed E-state index contributed by atoms with van der Waals surface area (Å²) in [7, 11) is 1.91. The van der Waals surface area contributed by atoms with Crippen molar-refractivity contribution in [2.24, 2.45) is 7.05 Å². The molecule has 5 nitrogen and oxygen atoms in total. The van der Waals surface area contributed by atoms with Crippen LogP contribution in [0, 0.1) is 0 Å². The van der Waals surface area contributed by atoms with Crippen molar-refractivity contribution in [3.8, 4) is 11.5 Å². The average Bonchev–Trinajstić information content (AvgIpc) is 2.89. The molecule has 1 aliphatic rings. The highest BCUT2D eigenvalue weighted by Gasteiger charge is 2.15. The van der Waals surface area contributed by atoms with Crippen molar-refractivity contribution in [3.63, 3.8) is 0 Å². The first-order valence-electron chi connectivity index (χ1n) is 7.21. The number of aryl methyl sites for hydroxylation is 2. The van der Waals surface area contributed by atoms with Crippen molar-refractivity contribution < 1.29 is 9.53 Å². The summed E-state index contributed by atoms with van der Waals surface area (Å²) in [6.45, 7) is 0. The Morgan fingerprint density at radius 3 is 2.86 bits per heavy atom. The second kappa shape index (κ2) is 4.87. The van der Waals surface area contributed by atoms with Crippen LogP contribution in [0.3, 0.4) is 0 Å². The summed E-state index contributed by atoms with van der Waals surface area (Å²) in [5, 5.41) is 8.19. The van der Waals surface area contributed by atoms with Crippen LogP contribution in [0.5, 0.6) is 11.5 Å². The molecule has 0 aliphatic carbocycles. The van der Waals surface area contributed by atoms with Crippen LogP contribution in [0.25, 0.3) is 10.9 Å². The SMILES string of the molecule is Cn1ncc2ccc(Oc3ccc4c(c3)CCC(=O)N4)cc21. The van der Waals surface area contributed by atoms with Crippen LogP contribution in [-0.4, -0.2) is 15.7 Å². The molecule has 0 atom stereocenters. The molecule has 0 spiro atoms. The molecule has 0 saturated carbocycles. The zero-order valence-corrected chi connectivity index (χ0v) is 12.2. The third-order valence-electron chi connectivity index (χ3n) is 3.93. The minimum Gasteiger partial charge on any atom is -0.457 e. The highest BCUT2D eigenvalue weighted by Crippen LogP contribution is 2.30. The Morgan fingerprint density at radius 2 is 1.95 bits per heavy atom. The van der Waals surface area contributed by atoms with Gasteiger partial charge in [-0.2, -0.15) is 5.10 Å². The Balaban J connectivity index is 1.64. The number of nitrogens with zero attached hydrogens (tertiary/aromatic N) is 2. The van der Waals surface area contributed by atoms with Gasteiger partial charge >= 0.3 is 0 Å². The second-order valence-corrected chi connectivity index (χ2v) is 5.46. The van der Waals surface area contributed by atoms with Gasteiger partial charge < -0.3 is 10.1 Å². The molecule has 0 fully saturated rings. The number of anilines is 1. The number of rotatable bonds is 2. The lowest BCUT2D eigenvalue weighted by Crippen LogP contribution is -2.18. The van der Waals surface area contributed by atoms with Gasteiger partial charge in [-0.25, -0.2) is 0 Å². The second-order valence-electron chi connectivity index (χ2n) is 5.46. The van der Waals surface area contributed by atoms with Crippen molar-refractivity contribution in [2.75, 3.05) is 5.32 Å². The highest BCUT2D eigenvalue weighted by molar-refractivity contribution is 5.94. The van der Waals surface area contributed by atoms with Gasteiger partial charge in [0, 0.05) is 30.6 Å². The van der Waals surface area contributed by atoms with E-state index in [-0.39, 0.29) is 5.91 Å². The monoisotopic (exact) mass is 293 g/mol. The van der Waals surface area contributed by atoms with E-state index in [1.54, 1.807) is 0 Å². The summed E-state index contributed by atoms with van der Waals surface area (Å²) >= 11 is 0. The summed E-state index contributed by atoms with van der Waals surface area (Å²) in [6, 6.07) is 11.7. The first kappa shape index (κ1) is 12.9. The van der Waals surface area contributed by atoms with E-state index in [0.717, 1.165) is 40.1 Å². The molecule has 1 aliphatic heterocycles. The van der Waals surface area contributed by atoms with Crippen molar-refractivity contribution >= 4 is 22.5 Å². The van der Waals surface area contributed by atoms with Crippen LogP contribution in [0.15, 0.2) is 42.6 Å². The van der Waals surface area contributed by atoms with Gasteiger partial charge in [-0.3, -0.25) is 9.48 Å². The first-order chi connectivity index (χ1) is 10.7. The smallest absolute Gasteiger partial charge is 0.224 e. The summed E-state index contributed by atoms with van der Waals surface area (Å²) in [5.41, 5.74) is 3.02. The number of aromatic nitrogens is 2. The molecule has 1 amide bonds. The van der Waals surface area contributed by atoms with Crippen LogP contribution in [-0.2, 0) is 18.3 Å². The van der Waals surface area contributed by atoms with Gasteiger partial charge in [-0.05, 0) is 42.3 Å². The maximum absolute atomic E-state index is 11.4. The number of hydrogen-bond donors (Lipinski definition) is 1. The van der Waals surface area contributed by atoms with E-state index >= 15 is 0 Å². The Morgan fingerprint density at radius 1 is 1.14 bits per heavy atom. The van der Waals surface area contributed by atoms with E-state index in [1.165, 1.54) is 0 Å². The van der Waals surface area contributed by atoms with Gasteiger partial charge in [0.25, 0.3) is 0 Å². The number of fused-ring (bicyclic) bond motifs is 2. The standard InChI is InChI=1S/C17H15N3O2/c1-20-16-9-14(4-2-12(16)10-18-20)22-13-5-6-15-11(8-13)3-7-17(21)19-15/h2,4-6,8-10H,3,7H2,1H3,(H,19,21). The molecule has 110 valence electrons. The Hall–Kier alpha value is -2.82. The zero-order chi connectivity index (χ0) is 15.1. The topological polar surface area (TPSA) is 56.2 Å². The largest absolute Gasteiger partial charge is 0.457 e. The zero-order valence-electron chi connectivity index (χ0n) is 12.2. The predicted octanol–water partition coefficient (Wildman–Crippen LogP) is 3.25. The maximum Gasteiger partial charge on any atom is 0.224 e.